The van der Waals surface area contributed by atoms with E-state index in [1.165, 1.54) is 12.8 Å². The predicted octanol–water partition coefficient (Wildman–Crippen LogP) is 2.44. The number of rotatable bonds is 2. The van der Waals surface area contributed by atoms with Gasteiger partial charge >= 0.3 is 0 Å². The summed E-state index contributed by atoms with van der Waals surface area (Å²) < 4.78 is 0. The lowest BCUT2D eigenvalue weighted by molar-refractivity contribution is 0.631. The molecule has 0 aromatic rings. The molecule has 0 spiro atoms. The zero-order valence-electron chi connectivity index (χ0n) is 6.43. The van der Waals surface area contributed by atoms with E-state index in [0.717, 1.165) is 5.92 Å². The van der Waals surface area contributed by atoms with Gasteiger partial charge < -0.3 is 0 Å². The average molecular weight is 140 g/mol. The van der Waals surface area contributed by atoms with E-state index >= 15 is 0 Å². The third kappa shape index (κ3) is 2.35. The minimum absolute atomic E-state index is 0.264. The fourth-order valence-corrected chi connectivity index (χ4v) is 3.25. The molecule has 1 aliphatic carbocycles. The van der Waals surface area contributed by atoms with Gasteiger partial charge in [-0.1, -0.05) is 31.3 Å². The number of hydrogen-bond acceptors (Lipinski definition) is 0. The van der Waals surface area contributed by atoms with Crippen molar-refractivity contribution in [2.24, 2.45) is 5.92 Å². The third-order valence-corrected chi connectivity index (χ3v) is 3.52. The van der Waals surface area contributed by atoms with Crippen LogP contribution in [0.1, 0.15) is 12.8 Å². The predicted molar refractivity (Wildman–Crippen MR) is 45.5 cm³/mol. The van der Waals surface area contributed by atoms with Crippen LogP contribution in [0.15, 0.2) is 12.2 Å². The molecule has 0 bridgehead atoms. The summed E-state index contributed by atoms with van der Waals surface area (Å²) in [5.74, 6) is 1.04. The molecule has 0 N–H and O–H groups in total. The Kier molecular flexibility index (Phi) is 2.52. The molecule has 1 heteroatoms. The normalized spacial score (nSPS) is 19.9. The second-order valence-corrected chi connectivity index (χ2v) is 6.70. The highest BCUT2D eigenvalue weighted by Gasteiger charge is 2.11. The third-order valence-electron chi connectivity index (χ3n) is 1.91. The van der Waals surface area contributed by atoms with Gasteiger partial charge in [0.05, 0.1) is 0 Å². The minimum atomic E-state index is -0.264. The van der Waals surface area contributed by atoms with Crippen LogP contribution in [0.2, 0.25) is 19.1 Å². The Balaban J connectivity index is 2.14. The summed E-state index contributed by atoms with van der Waals surface area (Å²) in [4.78, 5) is 0. The van der Waals surface area contributed by atoms with E-state index < -0.39 is 0 Å². The van der Waals surface area contributed by atoms with E-state index in [4.69, 9.17) is 0 Å². The minimum Gasteiger partial charge on any atom is -0.0883 e. The quantitative estimate of drug-likeness (QED) is 0.408. The first kappa shape index (κ1) is 7.07. The van der Waals surface area contributed by atoms with Crippen molar-refractivity contribution in [1.82, 2.24) is 0 Å². The van der Waals surface area contributed by atoms with Gasteiger partial charge in [-0.2, -0.15) is 0 Å². The summed E-state index contributed by atoms with van der Waals surface area (Å²) >= 11 is 0. The van der Waals surface area contributed by atoms with E-state index in [-0.39, 0.29) is 8.80 Å². The van der Waals surface area contributed by atoms with Gasteiger partial charge in [0.1, 0.15) is 0 Å². The van der Waals surface area contributed by atoms with Gasteiger partial charge in [0.15, 0.2) is 0 Å². The van der Waals surface area contributed by atoms with E-state index in [2.05, 4.69) is 25.2 Å². The van der Waals surface area contributed by atoms with Crippen molar-refractivity contribution in [3.8, 4) is 0 Å². The van der Waals surface area contributed by atoms with Gasteiger partial charge in [0, 0.05) is 8.80 Å². The first-order valence-corrected chi connectivity index (χ1v) is 7.06. The fourth-order valence-electron chi connectivity index (χ4n) is 1.53. The lowest BCUT2D eigenvalue weighted by atomic mass is 10.1. The SMILES string of the molecule is C[SiH](C)CC1CC=CC1. The molecular weight excluding hydrogens is 124 g/mol. The molecular formula is C8H16Si. The van der Waals surface area contributed by atoms with Crippen LogP contribution in [0.3, 0.4) is 0 Å². The van der Waals surface area contributed by atoms with Crippen LogP contribution in [-0.4, -0.2) is 8.80 Å². The van der Waals surface area contributed by atoms with Crippen molar-refractivity contribution in [3.05, 3.63) is 12.2 Å². The molecule has 0 amide bonds. The van der Waals surface area contributed by atoms with Crippen molar-refractivity contribution >= 4 is 8.80 Å². The molecule has 0 saturated carbocycles. The summed E-state index contributed by atoms with van der Waals surface area (Å²) in [5.41, 5.74) is 0. The molecule has 0 aromatic heterocycles. The van der Waals surface area contributed by atoms with Crippen LogP contribution < -0.4 is 0 Å². The summed E-state index contributed by atoms with van der Waals surface area (Å²) in [6, 6.07) is 1.55. The number of hydrogen-bond donors (Lipinski definition) is 0. The monoisotopic (exact) mass is 140 g/mol. The summed E-state index contributed by atoms with van der Waals surface area (Å²) in [6.07, 6.45) is 7.40. The van der Waals surface area contributed by atoms with Gasteiger partial charge in [-0.3, -0.25) is 0 Å². The molecule has 1 rings (SSSR count). The van der Waals surface area contributed by atoms with Gasteiger partial charge in [0.25, 0.3) is 0 Å². The Labute approximate surface area is 59.6 Å². The molecule has 0 saturated heterocycles. The molecule has 52 valence electrons. The van der Waals surface area contributed by atoms with E-state index in [9.17, 15) is 0 Å². The largest absolute Gasteiger partial charge is 0.0883 e. The van der Waals surface area contributed by atoms with Gasteiger partial charge in [-0.25, -0.2) is 0 Å². The Morgan fingerprint density at radius 1 is 1.33 bits per heavy atom. The van der Waals surface area contributed by atoms with E-state index in [1.807, 2.05) is 0 Å². The first-order valence-electron chi connectivity index (χ1n) is 3.94. The van der Waals surface area contributed by atoms with E-state index in [0.29, 0.717) is 0 Å². The molecule has 0 aliphatic heterocycles. The lowest BCUT2D eigenvalue weighted by Gasteiger charge is -2.09. The average Bonchev–Trinajstić information content (AvgIpc) is 2.15. The Hall–Kier alpha value is -0.0431. The zero-order chi connectivity index (χ0) is 6.69. The standard InChI is InChI=1S/C8H16Si/c1-9(2)7-8-5-3-4-6-8/h3-4,8-9H,5-7H2,1-2H3. The van der Waals surface area contributed by atoms with Crippen LogP contribution in [0.25, 0.3) is 0 Å². The maximum atomic E-state index is 2.44. The molecule has 0 atom stereocenters. The molecule has 0 heterocycles. The summed E-state index contributed by atoms with van der Waals surface area (Å²) in [5, 5.41) is 0. The van der Waals surface area contributed by atoms with Crippen LogP contribution >= 0.6 is 0 Å². The molecule has 0 radical (unpaired) electrons. The fraction of sp³-hybridized carbons (Fsp3) is 0.750. The maximum absolute atomic E-state index is 2.44. The Morgan fingerprint density at radius 3 is 2.33 bits per heavy atom. The molecule has 0 nitrogen and oxygen atoms in total. The highest BCUT2D eigenvalue weighted by atomic mass is 28.3. The first-order chi connectivity index (χ1) is 4.29. The zero-order valence-corrected chi connectivity index (χ0v) is 7.59. The van der Waals surface area contributed by atoms with Crippen LogP contribution in [-0.2, 0) is 0 Å². The molecule has 0 aromatic carbocycles. The van der Waals surface area contributed by atoms with Crippen LogP contribution in [0.4, 0.5) is 0 Å². The lowest BCUT2D eigenvalue weighted by Crippen LogP contribution is -2.06. The van der Waals surface area contributed by atoms with Gasteiger partial charge in [0.2, 0.25) is 0 Å². The van der Waals surface area contributed by atoms with Crippen molar-refractivity contribution in [3.63, 3.8) is 0 Å². The van der Waals surface area contributed by atoms with Crippen molar-refractivity contribution in [2.45, 2.75) is 32.0 Å². The maximum Gasteiger partial charge on any atom is 0.0308 e. The highest BCUT2D eigenvalue weighted by molar-refractivity contribution is 6.55. The van der Waals surface area contributed by atoms with Crippen LogP contribution in [0, 0.1) is 5.92 Å². The topological polar surface area (TPSA) is 0 Å². The molecule has 9 heavy (non-hydrogen) atoms. The van der Waals surface area contributed by atoms with E-state index in [1.54, 1.807) is 6.04 Å². The summed E-state index contributed by atoms with van der Waals surface area (Å²) in [6.45, 7) is 4.89. The Bertz CT molecular complexity index is 97.1. The number of allylic oxidation sites excluding steroid dienone is 2. The second kappa shape index (κ2) is 3.21. The van der Waals surface area contributed by atoms with Crippen molar-refractivity contribution in [1.29, 1.82) is 0 Å². The summed E-state index contributed by atoms with van der Waals surface area (Å²) in [7, 11) is -0.264. The second-order valence-electron chi connectivity index (χ2n) is 3.44. The van der Waals surface area contributed by atoms with Gasteiger partial charge in [-0.05, 0) is 18.8 Å². The Morgan fingerprint density at radius 2 is 1.89 bits per heavy atom. The van der Waals surface area contributed by atoms with Crippen molar-refractivity contribution in [2.75, 3.05) is 0 Å². The molecule has 1 aliphatic rings. The van der Waals surface area contributed by atoms with Crippen molar-refractivity contribution < 1.29 is 0 Å². The molecule has 0 fully saturated rings. The van der Waals surface area contributed by atoms with Gasteiger partial charge in [-0.15, -0.1) is 0 Å². The smallest absolute Gasteiger partial charge is 0.0308 e. The molecule has 0 unspecified atom stereocenters. The highest BCUT2D eigenvalue weighted by Crippen LogP contribution is 2.22. The van der Waals surface area contributed by atoms with Crippen LogP contribution in [0.5, 0.6) is 0 Å².